The van der Waals surface area contributed by atoms with Gasteiger partial charge in [0.2, 0.25) is 0 Å². The van der Waals surface area contributed by atoms with Crippen molar-refractivity contribution in [1.82, 2.24) is 4.90 Å². The predicted octanol–water partition coefficient (Wildman–Crippen LogP) is 4.31. The molecule has 0 aliphatic carbocycles. The minimum Gasteiger partial charge on any atom is -0.495 e. The van der Waals surface area contributed by atoms with E-state index in [1.54, 1.807) is 35.2 Å². The van der Waals surface area contributed by atoms with E-state index >= 15 is 0 Å². The number of hydrogen-bond acceptors (Lipinski definition) is 4. The maximum absolute atomic E-state index is 13.1. The SMILES string of the molecule is COc1cc(C)c(C)cc1S(=O)(=O)Nc1ccc2c(c1)CN(C(=O)c1ccccc1)CC2. The van der Waals surface area contributed by atoms with E-state index in [1.807, 2.05) is 44.2 Å². The van der Waals surface area contributed by atoms with E-state index in [-0.39, 0.29) is 10.8 Å². The monoisotopic (exact) mass is 450 g/mol. The standard InChI is InChI=1S/C25H26N2O4S/c1-17-13-23(31-3)24(14-18(17)2)32(29,30)26-22-10-9-19-11-12-27(16-21(19)15-22)25(28)20-7-5-4-6-8-20/h4-10,13-15,26H,11-12,16H2,1-3H3. The van der Waals surface area contributed by atoms with Gasteiger partial charge in [-0.3, -0.25) is 9.52 Å². The number of aryl methyl sites for hydroxylation is 2. The molecule has 1 heterocycles. The first-order chi connectivity index (χ1) is 15.3. The van der Waals surface area contributed by atoms with Gasteiger partial charge in [-0.25, -0.2) is 8.42 Å². The first kappa shape index (κ1) is 21.9. The van der Waals surface area contributed by atoms with Crippen LogP contribution in [0.1, 0.15) is 32.6 Å². The number of sulfonamides is 1. The fraction of sp³-hybridized carbons (Fsp3) is 0.240. The number of nitrogens with zero attached hydrogens (tertiary/aromatic N) is 1. The number of ether oxygens (including phenoxy) is 1. The Morgan fingerprint density at radius 3 is 2.41 bits per heavy atom. The van der Waals surface area contributed by atoms with Crippen LogP contribution in [0.2, 0.25) is 0 Å². The molecule has 0 fully saturated rings. The number of hydrogen-bond donors (Lipinski definition) is 1. The van der Waals surface area contributed by atoms with Crippen LogP contribution in [0, 0.1) is 13.8 Å². The van der Waals surface area contributed by atoms with Crippen molar-refractivity contribution in [2.45, 2.75) is 31.7 Å². The Labute approximate surface area is 188 Å². The van der Waals surface area contributed by atoms with Gasteiger partial charge < -0.3 is 9.64 Å². The average Bonchev–Trinajstić information content (AvgIpc) is 2.79. The van der Waals surface area contributed by atoms with E-state index in [1.165, 1.54) is 7.11 Å². The Hall–Kier alpha value is -3.32. The maximum Gasteiger partial charge on any atom is 0.265 e. The summed E-state index contributed by atoms with van der Waals surface area (Å²) < 4.78 is 34.2. The molecule has 0 spiro atoms. The van der Waals surface area contributed by atoms with Gasteiger partial charge in [-0.15, -0.1) is 0 Å². The molecule has 1 aliphatic heterocycles. The summed E-state index contributed by atoms with van der Waals surface area (Å²) in [6, 6.07) is 18.0. The zero-order valence-electron chi connectivity index (χ0n) is 18.4. The number of rotatable bonds is 5. The lowest BCUT2D eigenvalue weighted by molar-refractivity contribution is 0.0734. The van der Waals surface area contributed by atoms with Crippen LogP contribution in [0.25, 0.3) is 0 Å². The highest BCUT2D eigenvalue weighted by Gasteiger charge is 2.24. The molecule has 3 aromatic carbocycles. The summed E-state index contributed by atoms with van der Waals surface area (Å²) in [5.41, 5.74) is 4.98. The zero-order valence-corrected chi connectivity index (χ0v) is 19.2. The van der Waals surface area contributed by atoms with Gasteiger partial charge in [-0.2, -0.15) is 0 Å². The number of nitrogens with one attached hydrogen (secondary N) is 1. The first-order valence-corrected chi connectivity index (χ1v) is 11.9. The molecule has 1 N–H and O–H groups in total. The summed E-state index contributed by atoms with van der Waals surface area (Å²) in [4.78, 5) is 14.7. The molecule has 3 aromatic rings. The predicted molar refractivity (Wildman–Crippen MR) is 125 cm³/mol. The van der Waals surface area contributed by atoms with Crippen molar-refractivity contribution in [2.75, 3.05) is 18.4 Å². The number of fused-ring (bicyclic) bond motifs is 1. The topological polar surface area (TPSA) is 75.7 Å². The minimum absolute atomic E-state index is 0.0258. The van der Waals surface area contributed by atoms with Gasteiger partial charge in [-0.1, -0.05) is 24.3 Å². The summed E-state index contributed by atoms with van der Waals surface area (Å²) in [5, 5.41) is 0. The Balaban J connectivity index is 1.59. The highest BCUT2D eigenvalue weighted by atomic mass is 32.2. The summed E-state index contributed by atoms with van der Waals surface area (Å²) in [6.45, 7) is 4.84. The maximum atomic E-state index is 13.1. The van der Waals surface area contributed by atoms with Crippen molar-refractivity contribution in [3.63, 3.8) is 0 Å². The van der Waals surface area contributed by atoms with E-state index in [0.29, 0.717) is 30.1 Å². The second kappa shape index (κ2) is 8.67. The van der Waals surface area contributed by atoms with Crippen LogP contribution in [-0.2, 0) is 23.0 Å². The molecule has 4 rings (SSSR count). The lowest BCUT2D eigenvalue weighted by Gasteiger charge is -2.29. The average molecular weight is 451 g/mol. The van der Waals surface area contributed by atoms with Crippen LogP contribution in [0.3, 0.4) is 0 Å². The number of benzene rings is 3. The van der Waals surface area contributed by atoms with Crippen LogP contribution < -0.4 is 9.46 Å². The number of carbonyl (C=O) groups is 1. The summed E-state index contributed by atoms with van der Waals surface area (Å²) in [7, 11) is -2.39. The van der Waals surface area contributed by atoms with E-state index in [0.717, 1.165) is 28.7 Å². The highest BCUT2D eigenvalue weighted by molar-refractivity contribution is 7.92. The van der Waals surface area contributed by atoms with Crippen LogP contribution in [0.5, 0.6) is 5.75 Å². The van der Waals surface area contributed by atoms with Gasteiger partial charge in [0.05, 0.1) is 7.11 Å². The van der Waals surface area contributed by atoms with E-state index in [2.05, 4.69) is 4.72 Å². The highest BCUT2D eigenvalue weighted by Crippen LogP contribution is 2.30. The minimum atomic E-state index is -3.85. The van der Waals surface area contributed by atoms with Gasteiger partial charge in [0.15, 0.2) is 0 Å². The zero-order chi connectivity index (χ0) is 22.9. The molecule has 0 saturated carbocycles. The number of amides is 1. The second-order valence-corrected chi connectivity index (χ2v) is 9.67. The summed E-state index contributed by atoms with van der Waals surface area (Å²) in [6.07, 6.45) is 0.728. The van der Waals surface area contributed by atoms with E-state index < -0.39 is 10.0 Å². The Morgan fingerprint density at radius 1 is 0.969 bits per heavy atom. The van der Waals surface area contributed by atoms with Gasteiger partial charge in [0, 0.05) is 24.3 Å². The molecule has 32 heavy (non-hydrogen) atoms. The largest absolute Gasteiger partial charge is 0.495 e. The third kappa shape index (κ3) is 4.34. The lowest BCUT2D eigenvalue weighted by Crippen LogP contribution is -2.36. The molecular weight excluding hydrogens is 424 g/mol. The number of anilines is 1. The molecule has 7 heteroatoms. The van der Waals surface area contributed by atoms with Crippen molar-refractivity contribution >= 4 is 21.6 Å². The molecule has 0 aromatic heterocycles. The van der Waals surface area contributed by atoms with Gasteiger partial charge in [0.1, 0.15) is 10.6 Å². The molecule has 166 valence electrons. The molecular formula is C25H26N2O4S. The van der Waals surface area contributed by atoms with Crippen LogP contribution >= 0.6 is 0 Å². The van der Waals surface area contributed by atoms with Crippen molar-refractivity contribution in [2.24, 2.45) is 0 Å². The number of carbonyl (C=O) groups excluding carboxylic acids is 1. The Kier molecular flexibility index (Phi) is 5.93. The van der Waals surface area contributed by atoms with Crippen molar-refractivity contribution in [1.29, 1.82) is 0 Å². The van der Waals surface area contributed by atoms with E-state index in [9.17, 15) is 13.2 Å². The van der Waals surface area contributed by atoms with Crippen molar-refractivity contribution in [3.05, 3.63) is 88.5 Å². The second-order valence-electron chi connectivity index (χ2n) is 8.02. The molecule has 0 saturated heterocycles. The molecule has 0 atom stereocenters. The van der Waals surface area contributed by atoms with Crippen molar-refractivity contribution < 1.29 is 17.9 Å². The lowest BCUT2D eigenvalue weighted by atomic mass is 9.98. The Morgan fingerprint density at radius 2 is 1.69 bits per heavy atom. The Bertz CT molecular complexity index is 1270. The molecule has 1 aliphatic rings. The fourth-order valence-corrected chi connectivity index (χ4v) is 5.19. The fourth-order valence-electron chi connectivity index (χ4n) is 3.90. The number of methoxy groups -OCH3 is 1. The quantitative estimate of drug-likeness (QED) is 0.628. The van der Waals surface area contributed by atoms with Crippen molar-refractivity contribution in [3.8, 4) is 5.75 Å². The third-order valence-corrected chi connectivity index (χ3v) is 7.25. The molecule has 6 nitrogen and oxygen atoms in total. The van der Waals surface area contributed by atoms with E-state index in [4.69, 9.17) is 4.74 Å². The molecule has 0 radical (unpaired) electrons. The van der Waals surface area contributed by atoms with Gasteiger partial charge in [-0.05, 0) is 78.9 Å². The van der Waals surface area contributed by atoms with Gasteiger partial charge in [0.25, 0.3) is 15.9 Å². The van der Waals surface area contributed by atoms with Crippen LogP contribution in [0.15, 0.2) is 65.6 Å². The van der Waals surface area contributed by atoms with Crippen LogP contribution in [0.4, 0.5) is 5.69 Å². The van der Waals surface area contributed by atoms with Gasteiger partial charge >= 0.3 is 0 Å². The summed E-state index contributed by atoms with van der Waals surface area (Å²) >= 11 is 0. The molecule has 1 amide bonds. The van der Waals surface area contributed by atoms with Crippen LogP contribution in [-0.4, -0.2) is 32.9 Å². The molecule has 0 unspecified atom stereocenters. The smallest absolute Gasteiger partial charge is 0.265 e. The third-order valence-electron chi connectivity index (χ3n) is 5.85. The summed E-state index contributed by atoms with van der Waals surface area (Å²) in [5.74, 6) is 0.278. The first-order valence-electron chi connectivity index (χ1n) is 10.4. The molecule has 0 bridgehead atoms. The normalized spacial score (nSPS) is 13.4.